The second kappa shape index (κ2) is 3.04. The predicted molar refractivity (Wildman–Crippen MR) is 36.8 cm³/mol. The number of carboxylic acid groups (broad SMARTS) is 2. The van der Waals surface area contributed by atoms with Crippen LogP contribution in [0.1, 0.15) is 10.5 Å². The fraction of sp³-hybridized carbons (Fsp3) is 0.167. The van der Waals surface area contributed by atoms with Crippen LogP contribution in [0.5, 0.6) is 0 Å². The van der Waals surface area contributed by atoms with Crippen LogP contribution in [-0.4, -0.2) is 31.9 Å². The van der Waals surface area contributed by atoms with Crippen molar-refractivity contribution in [2.45, 2.75) is 6.54 Å². The van der Waals surface area contributed by atoms with Crippen molar-refractivity contribution >= 4 is 11.9 Å². The van der Waals surface area contributed by atoms with Gasteiger partial charge in [0, 0.05) is 6.20 Å². The Morgan fingerprint density at radius 3 is 2.67 bits per heavy atom. The lowest BCUT2D eigenvalue weighted by Crippen LogP contribution is -2.15. The van der Waals surface area contributed by atoms with E-state index in [1.807, 2.05) is 0 Å². The van der Waals surface area contributed by atoms with Gasteiger partial charge in [-0.1, -0.05) is 0 Å². The van der Waals surface area contributed by atoms with Gasteiger partial charge in [-0.3, -0.25) is 4.79 Å². The van der Waals surface area contributed by atoms with Crippen molar-refractivity contribution in [3.8, 4) is 0 Å². The number of aliphatic carboxylic acids is 1. The Bertz CT molecular complexity index is 317. The number of hydrogen-bond acceptors (Lipinski definition) is 3. The Hall–Kier alpha value is -1.85. The molecule has 0 atom stereocenters. The maximum atomic E-state index is 10.4. The first-order chi connectivity index (χ1) is 5.61. The Morgan fingerprint density at radius 2 is 2.17 bits per heavy atom. The van der Waals surface area contributed by atoms with Crippen molar-refractivity contribution in [3.63, 3.8) is 0 Å². The molecule has 0 radical (unpaired) electrons. The van der Waals surface area contributed by atoms with E-state index in [0.717, 1.165) is 4.68 Å². The third-order valence-electron chi connectivity index (χ3n) is 1.22. The Labute approximate surface area is 67.0 Å². The zero-order valence-corrected chi connectivity index (χ0v) is 5.97. The number of carboxylic acids is 2. The molecule has 2 N–H and O–H groups in total. The lowest BCUT2D eigenvalue weighted by atomic mass is 10.4. The number of nitrogens with zero attached hydrogens (tertiary/aromatic N) is 2. The molecule has 1 aromatic heterocycles. The van der Waals surface area contributed by atoms with Crippen LogP contribution < -0.4 is 0 Å². The van der Waals surface area contributed by atoms with Gasteiger partial charge in [-0.05, 0) is 6.07 Å². The average Bonchev–Trinajstić information content (AvgIpc) is 2.33. The maximum Gasteiger partial charge on any atom is 0.354 e. The van der Waals surface area contributed by atoms with Gasteiger partial charge in [0.1, 0.15) is 12.2 Å². The molecule has 64 valence electrons. The van der Waals surface area contributed by atoms with Crippen LogP contribution in [0.15, 0.2) is 12.3 Å². The number of carbonyl (C=O) groups is 2. The molecule has 0 aliphatic carbocycles. The SMILES string of the molecule is O=C(O)Cn1nccc1C(=O)O. The highest BCUT2D eigenvalue weighted by Crippen LogP contribution is 1.97. The Morgan fingerprint density at radius 1 is 1.50 bits per heavy atom. The highest BCUT2D eigenvalue weighted by atomic mass is 16.4. The molecule has 0 bridgehead atoms. The molecule has 1 rings (SSSR count). The molecular formula is C6H6N2O4. The summed E-state index contributed by atoms with van der Waals surface area (Å²) in [7, 11) is 0. The van der Waals surface area contributed by atoms with Crippen molar-refractivity contribution in [3.05, 3.63) is 18.0 Å². The first-order valence-electron chi connectivity index (χ1n) is 3.08. The summed E-state index contributed by atoms with van der Waals surface area (Å²) in [6, 6.07) is 1.24. The van der Waals surface area contributed by atoms with E-state index in [1.54, 1.807) is 0 Å². The van der Waals surface area contributed by atoms with E-state index in [9.17, 15) is 9.59 Å². The first-order valence-corrected chi connectivity index (χ1v) is 3.08. The summed E-state index contributed by atoms with van der Waals surface area (Å²) < 4.78 is 0.907. The lowest BCUT2D eigenvalue weighted by molar-refractivity contribution is -0.137. The highest BCUT2D eigenvalue weighted by Gasteiger charge is 2.11. The second-order valence-corrected chi connectivity index (χ2v) is 2.07. The minimum absolute atomic E-state index is 0.127. The fourth-order valence-electron chi connectivity index (χ4n) is 0.768. The molecule has 0 saturated carbocycles. The predicted octanol–water partition coefficient (Wildman–Crippen LogP) is -0.334. The van der Waals surface area contributed by atoms with E-state index in [0.29, 0.717) is 0 Å². The summed E-state index contributed by atoms with van der Waals surface area (Å²) in [5.74, 6) is -2.31. The number of aromatic nitrogens is 2. The molecule has 0 aliphatic rings. The molecule has 0 aromatic carbocycles. The second-order valence-electron chi connectivity index (χ2n) is 2.07. The van der Waals surface area contributed by atoms with E-state index < -0.39 is 18.5 Å². The molecule has 6 nitrogen and oxygen atoms in total. The van der Waals surface area contributed by atoms with Crippen molar-refractivity contribution < 1.29 is 19.8 Å². The average molecular weight is 170 g/mol. The molecular weight excluding hydrogens is 164 g/mol. The van der Waals surface area contributed by atoms with Crippen LogP contribution >= 0.6 is 0 Å². The number of rotatable bonds is 3. The van der Waals surface area contributed by atoms with Crippen molar-refractivity contribution in [2.75, 3.05) is 0 Å². The molecule has 0 amide bonds. The number of hydrogen-bond donors (Lipinski definition) is 2. The first kappa shape index (κ1) is 8.25. The molecule has 0 fully saturated rings. The van der Waals surface area contributed by atoms with Crippen LogP contribution in [-0.2, 0) is 11.3 Å². The Kier molecular flexibility index (Phi) is 2.09. The van der Waals surface area contributed by atoms with E-state index in [2.05, 4.69) is 5.10 Å². The van der Waals surface area contributed by atoms with Crippen LogP contribution in [0.25, 0.3) is 0 Å². The summed E-state index contributed by atoms with van der Waals surface area (Å²) in [4.78, 5) is 20.6. The summed E-state index contributed by atoms with van der Waals surface area (Å²) in [6.45, 7) is -0.436. The summed E-state index contributed by atoms with van der Waals surface area (Å²) in [6.07, 6.45) is 1.24. The zero-order valence-electron chi connectivity index (χ0n) is 5.97. The van der Waals surface area contributed by atoms with E-state index in [4.69, 9.17) is 10.2 Å². The topological polar surface area (TPSA) is 92.4 Å². The van der Waals surface area contributed by atoms with Crippen LogP contribution in [0.2, 0.25) is 0 Å². The number of aromatic carboxylic acids is 1. The van der Waals surface area contributed by atoms with Crippen LogP contribution in [0.4, 0.5) is 0 Å². The molecule has 1 heterocycles. The fourth-order valence-corrected chi connectivity index (χ4v) is 0.768. The third-order valence-corrected chi connectivity index (χ3v) is 1.22. The Balaban J connectivity index is 2.91. The van der Waals surface area contributed by atoms with Crippen LogP contribution in [0.3, 0.4) is 0 Å². The molecule has 0 saturated heterocycles. The van der Waals surface area contributed by atoms with Crippen molar-refractivity contribution in [2.24, 2.45) is 0 Å². The van der Waals surface area contributed by atoms with Crippen molar-refractivity contribution in [1.29, 1.82) is 0 Å². The van der Waals surface area contributed by atoms with Gasteiger partial charge in [-0.15, -0.1) is 0 Å². The van der Waals surface area contributed by atoms with Gasteiger partial charge in [0.05, 0.1) is 0 Å². The van der Waals surface area contributed by atoms with Gasteiger partial charge in [-0.2, -0.15) is 5.10 Å². The molecule has 0 aliphatic heterocycles. The minimum atomic E-state index is -1.19. The van der Waals surface area contributed by atoms with Crippen molar-refractivity contribution in [1.82, 2.24) is 9.78 Å². The van der Waals surface area contributed by atoms with Gasteiger partial charge in [0.25, 0.3) is 0 Å². The van der Waals surface area contributed by atoms with Gasteiger partial charge >= 0.3 is 11.9 Å². The van der Waals surface area contributed by atoms with E-state index in [-0.39, 0.29) is 5.69 Å². The van der Waals surface area contributed by atoms with Gasteiger partial charge in [0.2, 0.25) is 0 Å². The van der Waals surface area contributed by atoms with Gasteiger partial charge in [0.15, 0.2) is 0 Å². The van der Waals surface area contributed by atoms with Gasteiger partial charge < -0.3 is 10.2 Å². The minimum Gasteiger partial charge on any atom is -0.480 e. The third kappa shape index (κ3) is 1.60. The van der Waals surface area contributed by atoms with Crippen LogP contribution in [0, 0.1) is 0 Å². The quantitative estimate of drug-likeness (QED) is 0.647. The standard InChI is InChI=1S/C6H6N2O4/c9-5(10)3-8-4(6(11)12)1-2-7-8/h1-2H,3H2,(H,9,10)(H,11,12). The zero-order chi connectivity index (χ0) is 9.14. The van der Waals surface area contributed by atoms with E-state index in [1.165, 1.54) is 12.3 Å². The summed E-state index contributed by atoms with van der Waals surface area (Å²) in [5, 5.41) is 20.4. The molecule has 0 unspecified atom stereocenters. The maximum absolute atomic E-state index is 10.4. The monoisotopic (exact) mass is 170 g/mol. The molecule has 6 heteroatoms. The highest BCUT2D eigenvalue weighted by molar-refractivity contribution is 5.86. The largest absolute Gasteiger partial charge is 0.480 e. The normalized spacial score (nSPS) is 9.67. The summed E-state index contributed by atoms with van der Waals surface area (Å²) >= 11 is 0. The molecule has 1 aromatic rings. The smallest absolute Gasteiger partial charge is 0.354 e. The molecule has 0 spiro atoms. The van der Waals surface area contributed by atoms with Gasteiger partial charge in [-0.25, -0.2) is 9.48 Å². The molecule has 12 heavy (non-hydrogen) atoms. The van der Waals surface area contributed by atoms with E-state index >= 15 is 0 Å². The lowest BCUT2D eigenvalue weighted by Gasteiger charge is -1.98. The summed E-state index contributed by atoms with van der Waals surface area (Å²) in [5.41, 5.74) is -0.127.